The summed E-state index contributed by atoms with van der Waals surface area (Å²) in [6, 6.07) is 17.5. The molecule has 1 aromatic heterocycles. The van der Waals surface area contributed by atoms with Crippen LogP contribution in [0, 0.1) is 0 Å². The van der Waals surface area contributed by atoms with Gasteiger partial charge in [0.15, 0.2) is 0 Å². The van der Waals surface area contributed by atoms with Gasteiger partial charge in [-0.05, 0) is 42.0 Å². The summed E-state index contributed by atoms with van der Waals surface area (Å²) in [4.78, 5) is 28.5. The molecular formula is C21H16ClN3O2. The Morgan fingerprint density at radius 2 is 1.59 bits per heavy atom. The van der Waals surface area contributed by atoms with Crippen LogP contribution in [0.5, 0.6) is 0 Å². The monoisotopic (exact) mass is 377 g/mol. The van der Waals surface area contributed by atoms with E-state index in [0.717, 1.165) is 5.56 Å². The number of benzene rings is 2. The average molecular weight is 378 g/mol. The molecule has 0 aliphatic rings. The molecule has 5 nitrogen and oxygen atoms in total. The largest absolute Gasteiger partial charge is 0.321 e. The average Bonchev–Trinajstić information content (AvgIpc) is 2.69. The Bertz CT molecular complexity index is 987. The van der Waals surface area contributed by atoms with Crippen molar-refractivity contribution in [3.8, 4) is 0 Å². The van der Waals surface area contributed by atoms with Crippen LogP contribution >= 0.6 is 11.6 Å². The predicted molar refractivity (Wildman–Crippen MR) is 108 cm³/mol. The minimum absolute atomic E-state index is 0.309. The molecule has 0 saturated carbocycles. The van der Waals surface area contributed by atoms with E-state index in [1.165, 1.54) is 12.3 Å². The highest BCUT2D eigenvalue weighted by Crippen LogP contribution is 2.22. The highest BCUT2D eigenvalue weighted by molar-refractivity contribution is 6.32. The number of nitrogens with one attached hydrogen (secondary N) is 2. The minimum Gasteiger partial charge on any atom is -0.321 e. The molecule has 0 fully saturated rings. The number of nitrogens with zero attached hydrogens (tertiary/aromatic N) is 1. The van der Waals surface area contributed by atoms with Gasteiger partial charge in [0.05, 0.1) is 16.9 Å². The molecule has 2 amide bonds. The van der Waals surface area contributed by atoms with E-state index in [2.05, 4.69) is 15.6 Å². The maximum absolute atomic E-state index is 12.3. The van der Waals surface area contributed by atoms with Gasteiger partial charge < -0.3 is 10.6 Å². The van der Waals surface area contributed by atoms with E-state index in [1.807, 2.05) is 18.2 Å². The molecule has 0 bridgehead atoms. The highest BCUT2D eigenvalue weighted by atomic mass is 35.5. The molecule has 3 rings (SSSR count). The van der Waals surface area contributed by atoms with Crippen LogP contribution in [0.2, 0.25) is 5.02 Å². The first-order valence-corrected chi connectivity index (χ1v) is 8.55. The molecule has 1 heterocycles. The van der Waals surface area contributed by atoms with Crippen molar-refractivity contribution in [2.45, 2.75) is 0 Å². The Morgan fingerprint density at radius 3 is 2.30 bits per heavy atom. The van der Waals surface area contributed by atoms with Gasteiger partial charge in [-0.1, -0.05) is 41.9 Å². The molecule has 0 unspecified atom stereocenters. The van der Waals surface area contributed by atoms with Gasteiger partial charge >= 0.3 is 0 Å². The zero-order valence-electron chi connectivity index (χ0n) is 14.2. The van der Waals surface area contributed by atoms with Gasteiger partial charge in [-0.3, -0.25) is 14.6 Å². The molecule has 0 aliphatic heterocycles. The van der Waals surface area contributed by atoms with Crippen molar-refractivity contribution in [2.75, 3.05) is 10.6 Å². The van der Waals surface area contributed by atoms with Crippen LogP contribution in [0.4, 0.5) is 11.4 Å². The number of hydrogen-bond acceptors (Lipinski definition) is 3. The van der Waals surface area contributed by atoms with Gasteiger partial charge in [-0.15, -0.1) is 0 Å². The Labute approximate surface area is 161 Å². The maximum atomic E-state index is 12.3. The quantitative estimate of drug-likeness (QED) is 0.636. The molecule has 27 heavy (non-hydrogen) atoms. The van der Waals surface area contributed by atoms with Crippen LogP contribution in [0.15, 0.2) is 79.1 Å². The molecule has 0 spiro atoms. The molecular weight excluding hydrogens is 362 g/mol. The Balaban J connectivity index is 1.71. The van der Waals surface area contributed by atoms with E-state index in [0.29, 0.717) is 22.0 Å². The summed E-state index contributed by atoms with van der Waals surface area (Å²) < 4.78 is 0. The fourth-order valence-corrected chi connectivity index (χ4v) is 2.54. The third kappa shape index (κ3) is 5.03. The maximum Gasteiger partial charge on any atom is 0.257 e. The van der Waals surface area contributed by atoms with Crippen molar-refractivity contribution in [3.63, 3.8) is 0 Å². The van der Waals surface area contributed by atoms with E-state index >= 15 is 0 Å². The third-order valence-corrected chi connectivity index (χ3v) is 4.02. The summed E-state index contributed by atoms with van der Waals surface area (Å²) in [7, 11) is 0. The second-order valence-electron chi connectivity index (χ2n) is 5.59. The molecule has 2 N–H and O–H groups in total. The molecule has 6 heteroatoms. The van der Waals surface area contributed by atoms with Crippen LogP contribution in [-0.4, -0.2) is 16.8 Å². The smallest absolute Gasteiger partial charge is 0.257 e. The number of rotatable bonds is 5. The summed E-state index contributed by atoms with van der Waals surface area (Å²) in [5.74, 6) is -0.644. The number of amides is 2. The number of anilines is 2. The first-order chi connectivity index (χ1) is 13.1. The van der Waals surface area contributed by atoms with E-state index in [1.54, 1.807) is 54.7 Å². The number of aromatic nitrogens is 1. The van der Waals surface area contributed by atoms with Crippen molar-refractivity contribution in [1.82, 2.24) is 4.98 Å². The number of halogens is 1. The molecule has 2 aromatic carbocycles. The SMILES string of the molecule is O=C(/C=C/c1ccccc1Cl)Nc1ccccc1NC(=O)c1cccnc1. The van der Waals surface area contributed by atoms with Crippen molar-refractivity contribution in [3.05, 3.63) is 95.3 Å². The molecule has 0 atom stereocenters. The Morgan fingerprint density at radius 1 is 0.889 bits per heavy atom. The van der Waals surface area contributed by atoms with Gasteiger partial charge in [0.1, 0.15) is 0 Å². The van der Waals surface area contributed by atoms with Crippen LogP contribution in [0.3, 0.4) is 0 Å². The van der Waals surface area contributed by atoms with Gasteiger partial charge in [0.2, 0.25) is 5.91 Å². The molecule has 0 radical (unpaired) electrons. The van der Waals surface area contributed by atoms with Crippen molar-refractivity contribution >= 4 is 40.9 Å². The van der Waals surface area contributed by atoms with Gasteiger partial charge in [0, 0.05) is 23.5 Å². The number of carbonyl (C=O) groups excluding carboxylic acids is 2. The van der Waals surface area contributed by atoms with Gasteiger partial charge in [-0.2, -0.15) is 0 Å². The summed E-state index contributed by atoms with van der Waals surface area (Å²) in [6.45, 7) is 0. The second-order valence-corrected chi connectivity index (χ2v) is 5.99. The number of carbonyl (C=O) groups is 2. The topological polar surface area (TPSA) is 71.1 Å². The summed E-state index contributed by atoms with van der Waals surface area (Å²) in [5.41, 5.74) is 2.15. The standard InChI is InChI=1S/C21H16ClN3O2/c22-17-8-2-1-6-15(17)11-12-20(26)24-18-9-3-4-10-19(18)25-21(27)16-7-5-13-23-14-16/h1-14H,(H,24,26)(H,25,27)/b12-11+. The summed E-state index contributed by atoms with van der Waals surface area (Å²) in [5, 5.41) is 6.09. The number of para-hydroxylation sites is 2. The lowest BCUT2D eigenvalue weighted by molar-refractivity contribution is -0.111. The zero-order chi connectivity index (χ0) is 19.1. The third-order valence-electron chi connectivity index (χ3n) is 3.68. The minimum atomic E-state index is -0.335. The lowest BCUT2D eigenvalue weighted by atomic mass is 10.2. The first kappa shape index (κ1) is 18.4. The number of pyridine rings is 1. The van der Waals surface area contributed by atoms with Crippen molar-refractivity contribution in [2.24, 2.45) is 0 Å². The van der Waals surface area contributed by atoms with Crippen LogP contribution < -0.4 is 10.6 Å². The molecule has 3 aromatic rings. The van der Waals surface area contributed by atoms with E-state index < -0.39 is 0 Å². The van der Waals surface area contributed by atoms with Crippen LogP contribution in [0.25, 0.3) is 6.08 Å². The molecule has 0 aliphatic carbocycles. The van der Waals surface area contributed by atoms with Crippen molar-refractivity contribution in [1.29, 1.82) is 0 Å². The van der Waals surface area contributed by atoms with Crippen LogP contribution in [-0.2, 0) is 4.79 Å². The Kier molecular flexibility index (Phi) is 5.97. The molecule has 0 saturated heterocycles. The van der Waals surface area contributed by atoms with Gasteiger partial charge in [-0.25, -0.2) is 0 Å². The molecule has 134 valence electrons. The predicted octanol–water partition coefficient (Wildman–Crippen LogP) is 4.64. The number of hydrogen-bond donors (Lipinski definition) is 2. The summed E-state index contributed by atoms with van der Waals surface area (Å²) in [6.07, 6.45) is 6.09. The van der Waals surface area contributed by atoms with Crippen molar-refractivity contribution < 1.29 is 9.59 Å². The fourth-order valence-electron chi connectivity index (χ4n) is 2.34. The summed E-state index contributed by atoms with van der Waals surface area (Å²) >= 11 is 6.07. The lowest BCUT2D eigenvalue weighted by Crippen LogP contribution is -2.15. The first-order valence-electron chi connectivity index (χ1n) is 8.17. The fraction of sp³-hybridized carbons (Fsp3) is 0. The van der Waals surface area contributed by atoms with E-state index in [9.17, 15) is 9.59 Å². The second kappa shape index (κ2) is 8.78. The van der Waals surface area contributed by atoms with Crippen LogP contribution in [0.1, 0.15) is 15.9 Å². The van der Waals surface area contributed by atoms with E-state index in [4.69, 9.17) is 11.6 Å². The normalized spacial score (nSPS) is 10.6. The zero-order valence-corrected chi connectivity index (χ0v) is 15.0. The lowest BCUT2D eigenvalue weighted by Gasteiger charge is -2.11. The Hall–Kier alpha value is -3.44. The highest BCUT2D eigenvalue weighted by Gasteiger charge is 2.10. The van der Waals surface area contributed by atoms with Gasteiger partial charge in [0.25, 0.3) is 5.91 Å². The van der Waals surface area contributed by atoms with E-state index in [-0.39, 0.29) is 11.8 Å².